The average Bonchev–Trinajstić information content (AvgIpc) is 3.75. The first-order valence-electron chi connectivity index (χ1n) is 21.6. The number of hydrogen-bond donors (Lipinski definition) is 0. The summed E-state index contributed by atoms with van der Waals surface area (Å²) in [6.45, 7) is 0. The molecule has 0 atom stereocenters. The highest BCUT2D eigenvalue weighted by atomic mass is 16.5. The van der Waals surface area contributed by atoms with E-state index in [1.165, 1.54) is 10.8 Å². The molecule has 0 fully saturated rings. The van der Waals surface area contributed by atoms with Crippen LogP contribution in [0.1, 0.15) is 0 Å². The van der Waals surface area contributed by atoms with E-state index in [0.717, 1.165) is 111 Å². The Morgan fingerprint density at radius 2 is 1.05 bits per heavy atom. The summed E-state index contributed by atoms with van der Waals surface area (Å²) in [7, 11) is 0. The molecule has 0 bridgehead atoms. The lowest BCUT2D eigenvalue weighted by Crippen LogP contribution is -2.13. The Bertz CT molecular complexity index is 3770. The van der Waals surface area contributed by atoms with Gasteiger partial charge in [-0.2, -0.15) is 0 Å². The molecule has 0 unspecified atom stereocenters. The van der Waals surface area contributed by atoms with Crippen molar-refractivity contribution in [1.29, 1.82) is 0 Å². The van der Waals surface area contributed by atoms with Gasteiger partial charge in [0, 0.05) is 50.6 Å². The van der Waals surface area contributed by atoms with Crippen molar-refractivity contribution < 1.29 is 9.15 Å². The summed E-state index contributed by atoms with van der Waals surface area (Å²) >= 11 is 0. The van der Waals surface area contributed by atoms with Crippen LogP contribution in [0.25, 0.3) is 76.5 Å². The highest BCUT2D eigenvalue weighted by Gasteiger charge is 2.27. The fraction of sp³-hybridized carbons (Fsp3) is 0. The third kappa shape index (κ3) is 5.61. The minimum Gasteiger partial charge on any atom is -0.456 e. The Morgan fingerprint density at radius 1 is 0.359 bits per heavy atom. The third-order valence-electron chi connectivity index (χ3n) is 12.7. The Kier molecular flexibility index (Phi) is 8.15. The molecular formula is C59H37N3O2. The van der Waals surface area contributed by atoms with Crippen LogP contribution in [0.4, 0.5) is 34.3 Å². The minimum atomic E-state index is 0.796. The molecule has 1 aliphatic heterocycles. The zero-order chi connectivity index (χ0) is 42.1. The molecule has 10 aromatic carbocycles. The van der Waals surface area contributed by atoms with Crippen LogP contribution in [0.2, 0.25) is 0 Å². The number of benzene rings is 10. The normalized spacial score (nSPS) is 11.9. The molecule has 5 nitrogen and oxygen atoms in total. The average molecular weight is 820 g/mol. The van der Waals surface area contributed by atoms with Crippen LogP contribution in [0.15, 0.2) is 229 Å². The molecule has 1 aliphatic rings. The molecule has 5 heteroatoms. The predicted octanol–water partition coefficient (Wildman–Crippen LogP) is 16.8. The SMILES string of the molecule is c1ccc(-c2ccccc2N(c2ccc3c(c2)Oc2cccc4c2c-3cc2c3ccccc3c(N(c3ccccc3)c3cccc5c3oc3ccccc35)cc42)c2ccccn2)cc1. The largest absolute Gasteiger partial charge is 0.456 e. The van der Waals surface area contributed by atoms with Crippen LogP contribution < -0.4 is 14.5 Å². The standard InChI is InChI=1S/C59H37N3O2/c1-3-17-38(18-4-1)41-21-9-11-27-51(41)62(57-31-13-14-34-60-57)40-32-33-45-50-36-48-42-22-7-8-23-43(42)53(37-49(48)46-25-16-30-55(58(46)50)63-56(45)35-40)61(39-19-5-2-6-20-39)52-28-15-26-47-44-24-10-12-29-54(44)64-59(47)52/h1-37H. The van der Waals surface area contributed by atoms with Crippen LogP contribution in [0, 0.1) is 0 Å². The monoisotopic (exact) mass is 819 g/mol. The number of aromatic nitrogens is 1. The van der Waals surface area contributed by atoms with Gasteiger partial charge in [0.1, 0.15) is 22.9 Å². The fourth-order valence-corrected chi connectivity index (χ4v) is 9.87. The molecule has 0 radical (unpaired) electrons. The summed E-state index contributed by atoms with van der Waals surface area (Å²) in [4.78, 5) is 9.45. The molecule has 64 heavy (non-hydrogen) atoms. The fourth-order valence-electron chi connectivity index (χ4n) is 9.87. The maximum Gasteiger partial charge on any atom is 0.159 e. The van der Waals surface area contributed by atoms with E-state index in [1.54, 1.807) is 0 Å². The molecule has 300 valence electrons. The zero-order valence-corrected chi connectivity index (χ0v) is 34.5. The lowest BCUT2D eigenvalue weighted by molar-refractivity contribution is 0.487. The Morgan fingerprint density at radius 3 is 1.91 bits per heavy atom. The summed E-state index contributed by atoms with van der Waals surface area (Å²) in [5, 5.41) is 9.05. The minimum absolute atomic E-state index is 0.796. The van der Waals surface area contributed by atoms with Crippen molar-refractivity contribution in [2.75, 3.05) is 9.80 Å². The van der Waals surface area contributed by atoms with Crippen molar-refractivity contribution in [2.45, 2.75) is 0 Å². The molecule has 0 amide bonds. The van der Waals surface area contributed by atoms with Crippen LogP contribution in [-0.2, 0) is 0 Å². The van der Waals surface area contributed by atoms with Crippen LogP contribution in [0.5, 0.6) is 11.5 Å². The van der Waals surface area contributed by atoms with Gasteiger partial charge in [0.05, 0.1) is 22.7 Å². The van der Waals surface area contributed by atoms with E-state index >= 15 is 0 Å². The van der Waals surface area contributed by atoms with Gasteiger partial charge < -0.3 is 14.1 Å². The Hall–Kier alpha value is -8.67. The summed E-state index contributed by atoms with van der Waals surface area (Å²) in [5.74, 6) is 2.44. The van der Waals surface area contributed by atoms with Gasteiger partial charge in [-0.25, -0.2) is 4.98 Å². The van der Waals surface area contributed by atoms with E-state index in [0.29, 0.717) is 0 Å². The van der Waals surface area contributed by atoms with Gasteiger partial charge in [0.25, 0.3) is 0 Å². The summed E-state index contributed by atoms with van der Waals surface area (Å²) in [5.41, 5.74) is 11.2. The smallest absolute Gasteiger partial charge is 0.159 e. The summed E-state index contributed by atoms with van der Waals surface area (Å²) < 4.78 is 13.7. The van der Waals surface area contributed by atoms with Gasteiger partial charge in [0.15, 0.2) is 5.58 Å². The summed E-state index contributed by atoms with van der Waals surface area (Å²) in [6, 6.07) is 77.0. The quantitative estimate of drug-likeness (QED) is 0.150. The van der Waals surface area contributed by atoms with Gasteiger partial charge in [-0.15, -0.1) is 0 Å². The predicted molar refractivity (Wildman–Crippen MR) is 264 cm³/mol. The van der Waals surface area contributed by atoms with Crippen molar-refractivity contribution in [3.05, 3.63) is 225 Å². The lowest BCUT2D eigenvalue weighted by Gasteiger charge is -2.29. The molecule has 0 aliphatic carbocycles. The Labute approximate surface area is 369 Å². The van der Waals surface area contributed by atoms with Gasteiger partial charge in [-0.1, -0.05) is 140 Å². The van der Waals surface area contributed by atoms with E-state index in [-0.39, 0.29) is 0 Å². The van der Waals surface area contributed by atoms with Gasteiger partial charge in [-0.05, 0) is 105 Å². The molecule has 13 rings (SSSR count). The van der Waals surface area contributed by atoms with Gasteiger partial charge in [-0.3, -0.25) is 4.90 Å². The second-order valence-corrected chi connectivity index (χ2v) is 16.3. The topological polar surface area (TPSA) is 41.7 Å². The molecule has 12 aromatic rings. The van der Waals surface area contributed by atoms with E-state index < -0.39 is 0 Å². The number of ether oxygens (including phenoxy) is 1. The van der Waals surface area contributed by atoms with Crippen molar-refractivity contribution in [1.82, 2.24) is 4.98 Å². The molecule has 0 saturated carbocycles. The number of anilines is 6. The number of nitrogens with zero attached hydrogens (tertiary/aromatic N) is 3. The number of fused-ring (bicyclic) bond motifs is 9. The van der Waals surface area contributed by atoms with E-state index in [2.05, 4.69) is 204 Å². The van der Waals surface area contributed by atoms with E-state index in [1.807, 2.05) is 30.5 Å². The van der Waals surface area contributed by atoms with Crippen molar-refractivity contribution in [3.8, 4) is 33.8 Å². The first-order chi connectivity index (χ1) is 31.8. The molecule has 3 heterocycles. The molecule has 0 spiro atoms. The number of para-hydroxylation sites is 4. The molecule has 2 aromatic heterocycles. The number of rotatable bonds is 7. The zero-order valence-electron chi connectivity index (χ0n) is 34.5. The first-order valence-corrected chi connectivity index (χ1v) is 21.6. The van der Waals surface area contributed by atoms with Crippen molar-refractivity contribution in [3.63, 3.8) is 0 Å². The van der Waals surface area contributed by atoms with E-state index in [9.17, 15) is 0 Å². The maximum atomic E-state index is 6.99. The number of hydrogen-bond acceptors (Lipinski definition) is 5. The van der Waals surface area contributed by atoms with Crippen LogP contribution in [-0.4, -0.2) is 4.98 Å². The third-order valence-corrected chi connectivity index (χ3v) is 12.7. The van der Waals surface area contributed by atoms with Crippen molar-refractivity contribution in [2.24, 2.45) is 0 Å². The highest BCUT2D eigenvalue weighted by molar-refractivity contribution is 6.26. The lowest BCUT2D eigenvalue weighted by atomic mass is 9.88. The van der Waals surface area contributed by atoms with Crippen molar-refractivity contribution >= 4 is 88.5 Å². The second-order valence-electron chi connectivity index (χ2n) is 16.3. The molecular weight excluding hydrogens is 783 g/mol. The highest BCUT2D eigenvalue weighted by Crippen LogP contribution is 2.53. The Balaban J connectivity index is 1.02. The van der Waals surface area contributed by atoms with Crippen LogP contribution in [0.3, 0.4) is 0 Å². The van der Waals surface area contributed by atoms with E-state index in [4.69, 9.17) is 14.1 Å². The number of furan rings is 1. The number of pyridine rings is 1. The van der Waals surface area contributed by atoms with Crippen LogP contribution >= 0.6 is 0 Å². The van der Waals surface area contributed by atoms with Gasteiger partial charge in [0.2, 0.25) is 0 Å². The van der Waals surface area contributed by atoms with Gasteiger partial charge >= 0.3 is 0 Å². The summed E-state index contributed by atoms with van der Waals surface area (Å²) in [6.07, 6.45) is 1.85. The maximum absolute atomic E-state index is 6.99. The molecule has 0 saturated heterocycles. The first kappa shape index (κ1) is 36.0. The second kappa shape index (κ2) is 14.5. The molecule has 0 N–H and O–H groups in total.